The molecule has 4 heteroatoms. The Morgan fingerprint density at radius 1 is 0.963 bits per heavy atom. The molecule has 0 aliphatic carbocycles. The number of ether oxygens (including phenoxy) is 1. The number of hydrogen-bond donors (Lipinski definition) is 0. The van der Waals surface area contributed by atoms with Crippen molar-refractivity contribution < 1.29 is 9.94 Å². The van der Waals surface area contributed by atoms with Crippen LogP contribution in [-0.4, -0.2) is 12.3 Å². The SMILES string of the molecule is CCOc1ccc2c(c1)C(=Nc1ccccc1)C(C)(c1ccccc1)N2[O]. The third-order valence-electron chi connectivity index (χ3n) is 4.95. The van der Waals surface area contributed by atoms with Gasteiger partial charge in [0.15, 0.2) is 0 Å². The summed E-state index contributed by atoms with van der Waals surface area (Å²) in [5.41, 5.74) is 2.96. The van der Waals surface area contributed by atoms with E-state index in [9.17, 15) is 5.21 Å². The summed E-state index contributed by atoms with van der Waals surface area (Å²) in [4.78, 5) is 4.90. The standard InChI is InChI=1S/C23H21N2O2/c1-3-27-19-14-15-21-20(16-19)22(24-18-12-8-5-9-13-18)23(2,25(21)26)17-10-6-4-7-11-17/h4-16H,3H2,1-2H3. The van der Waals surface area contributed by atoms with Gasteiger partial charge < -0.3 is 4.74 Å². The number of hydrogen-bond acceptors (Lipinski definition) is 3. The van der Waals surface area contributed by atoms with Gasteiger partial charge in [-0.2, -0.15) is 0 Å². The van der Waals surface area contributed by atoms with E-state index in [0.717, 1.165) is 33.3 Å². The first kappa shape index (κ1) is 17.3. The lowest BCUT2D eigenvalue weighted by molar-refractivity contribution is 0.118. The number of anilines is 1. The van der Waals surface area contributed by atoms with E-state index in [2.05, 4.69) is 0 Å². The largest absolute Gasteiger partial charge is 0.494 e. The van der Waals surface area contributed by atoms with Crippen LogP contribution in [0.5, 0.6) is 5.75 Å². The first-order valence-electron chi connectivity index (χ1n) is 9.09. The normalized spacial score (nSPS) is 20.0. The van der Waals surface area contributed by atoms with Gasteiger partial charge in [-0.25, -0.2) is 10.1 Å². The molecular formula is C23H21N2O2. The van der Waals surface area contributed by atoms with Crippen molar-refractivity contribution in [3.8, 4) is 5.75 Å². The molecule has 0 spiro atoms. The minimum Gasteiger partial charge on any atom is -0.494 e. The summed E-state index contributed by atoms with van der Waals surface area (Å²) >= 11 is 0. The molecule has 0 saturated carbocycles. The van der Waals surface area contributed by atoms with Gasteiger partial charge in [0.05, 0.1) is 23.7 Å². The van der Waals surface area contributed by atoms with Crippen LogP contribution in [0.1, 0.15) is 25.0 Å². The van der Waals surface area contributed by atoms with Gasteiger partial charge in [0.1, 0.15) is 11.3 Å². The highest BCUT2D eigenvalue weighted by Crippen LogP contribution is 2.46. The van der Waals surface area contributed by atoms with E-state index in [4.69, 9.17) is 9.73 Å². The summed E-state index contributed by atoms with van der Waals surface area (Å²) in [5.74, 6) is 0.739. The summed E-state index contributed by atoms with van der Waals surface area (Å²) in [6, 6.07) is 25.1. The van der Waals surface area contributed by atoms with E-state index < -0.39 is 5.54 Å². The fourth-order valence-electron chi connectivity index (χ4n) is 3.56. The number of fused-ring (bicyclic) bond motifs is 1. The van der Waals surface area contributed by atoms with Gasteiger partial charge in [-0.1, -0.05) is 53.7 Å². The number of rotatable bonds is 4. The van der Waals surface area contributed by atoms with E-state index >= 15 is 0 Å². The second kappa shape index (κ2) is 6.89. The third-order valence-corrected chi connectivity index (χ3v) is 4.95. The molecule has 0 fully saturated rings. The van der Waals surface area contributed by atoms with Crippen LogP contribution >= 0.6 is 0 Å². The summed E-state index contributed by atoms with van der Waals surface area (Å²) in [5, 5.41) is 14.4. The predicted molar refractivity (Wildman–Crippen MR) is 107 cm³/mol. The monoisotopic (exact) mass is 357 g/mol. The number of hydroxylamine groups is 1. The average Bonchev–Trinajstić information content (AvgIpc) is 2.92. The molecule has 0 saturated heterocycles. The van der Waals surface area contributed by atoms with Crippen molar-refractivity contribution in [1.29, 1.82) is 0 Å². The molecule has 0 amide bonds. The lowest BCUT2D eigenvalue weighted by Crippen LogP contribution is -2.42. The van der Waals surface area contributed by atoms with E-state index in [1.165, 1.54) is 0 Å². The van der Waals surface area contributed by atoms with Gasteiger partial charge in [0, 0.05) is 5.56 Å². The molecule has 4 rings (SSSR count). The smallest absolute Gasteiger partial charge is 0.135 e. The van der Waals surface area contributed by atoms with Gasteiger partial charge in [0.25, 0.3) is 0 Å². The second-order valence-electron chi connectivity index (χ2n) is 6.64. The molecule has 0 bridgehead atoms. The van der Waals surface area contributed by atoms with Gasteiger partial charge in [0.2, 0.25) is 0 Å². The summed E-state index contributed by atoms with van der Waals surface area (Å²) in [7, 11) is 0. The fraction of sp³-hybridized carbons (Fsp3) is 0.174. The molecule has 1 atom stereocenters. The van der Waals surface area contributed by atoms with Crippen LogP contribution in [0.3, 0.4) is 0 Å². The number of benzene rings is 3. The Morgan fingerprint density at radius 2 is 1.63 bits per heavy atom. The van der Waals surface area contributed by atoms with Crippen molar-refractivity contribution in [3.63, 3.8) is 0 Å². The minimum absolute atomic E-state index is 0.570. The summed E-state index contributed by atoms with van der Waals surface area (Å²) < 4.78 is 5.66. The van der Waals surface area contributed by atoms with Crippen molar-refractivity contribution in [2.45, 2.75) is 19.4 Å². The Hall–Kier alpha value is -3.11. The molecule has 1 aliphatic rings. The van der Waals surface area contributed by atoms with Crippen LogP contribution in [-0.2, 0) is 10.7 Å². The Morgan fingerprint density at radius 3 is 2.30 bits per heavy atom. The highest BCUT2D eigenvalue weighted by atomic mass is 16.5. The van der Waals surface area contributed by atoms with Gasteiger partial charge in [-0.15, -0.1) is 0 Å². The number of nitrogens with zero attached hydrogens (tertiary/aromatic N) is 2. The molecule has 1 aliphatic heterocycles. The van der Waals surface area contributed by atoms with E-state index in [1.54, 1.807) is 0 Å². The molecule has 4 nitrogen and oxygen atoms in total. The maximum Gasteiger partial charge on any atom is 0.135 e. The van der Waals surface area contributed by atoms with Crippen molar-refractivity contribution in [2.24, 2.45) is 4.99 Å². The number of para-hydroxylation sites is 1. The van der Waals surface area contributed by atoms with E-state index in [0.29, 0.717) is 12.3 Å². The molecule has 1 heterocycles. The topological polar surface area (TPSA) is 44.7 Å². The van der Waals surface area contributed by atoms with Crippen molar-refractivity contribution in [3.05, 3.63) is 90.0 Å². The molecule has 27 heavy (non-hydrogen) atoms. The van der Waals surface area contributed by atoms with Gasteiger partial charge in [-0.3, -0.25) is 0 Å². The maximum atomic E-state index is 13.4. The van der Waals surface area contributed by atoms with Crippen LogP contribution in [0.4, 0.5) is 11.4 Å². The van der Waals surface area contributed by atoms with Crippen LogP contribution in [0.2, 0.25) is 0 Å². The molecular weight excluding hydrogens is 336 g/mol. The van der Waals surface area contributed by atoms with E-state index in [1.807, 2.05) is 92.7 Å². The predicted octanol–water partition coefficient (Wildman–Crippen LogP) is 5.29. The minimum atomic E-state index is -0.912. The Labute approximate surface area is 159 Å². The lowest BCUT2D eigenvalue weighted by atomic mass is 9.86. The zero-order valence-corrected chi connectivity index (χ0v) is 15.4. The second-order valence-corrected chi connectivity index (χ2v) is 6.64. The summed E-state index contributed by atoms with van der Waals surface area (Å²) in [6.07, 6.45) is 0. The van der Waals surface area contributed by atoms with Crippen molar-refractivity contribution in [1.82, 2.24) is 0 Å². The summed E-state index contributed by atoms with van der Waals surface area (Å²) in [6.45, 7) is 4.44. The number of aliphatic imine (C=N–C) groups is 1. The Bertz CT molecular complexity index is 970. The zero-order chi connectivity index (χ0) is 18.9. The van der Waals surface area contributed by atoms with Crippen molar-refractivity contribution in [2.75, 3.05) is 11.7 Å². The first-order chi connectivity index (χ1) is 13.1. The van der Waals surface area contributed by atoms with Gasteiger partial charge >= 0.3 is 0 Å². The highest BCUT2D eigenvalue weighted by Gasteiger charge is 2.48. The quantitative estimate of drug-likeness (QED) is 0.637. The molecule has 0 N–H and O–H groups in total. The average molecular weight is 357 g/mol. The maximum absolute atomic E-state index is 13.4. The Kier molecular flexibility index (Phi) is 4.42. The molecule has 1 radical (unpaired) electrons. The molecule has 0 aromatic heterocycles. The Balaban J connectivity index is 1.95. The van der Waals surface area contributed by atoms with E-state index in [-0.39, 0.29) is 0 Å². The van der Waals surface area contributed by atoms with Crippen LogP contribution in [0, 0.1) is 0 Å². The van der Waals surface area contributed by atoms with Crippen molar-refractivity contribution >= 4 is 17.1 Å². The van der Waals surface area contributed by atoms with Crippen LogP contribution in [0.15, 0.2) is 83.9 Å². The van der Waals surface area contributed by atoms with Gasteiger partial charge in [-0.05, 0) is 49.7 Å². The van der Waals surface area contributed by atoms with Crippen LogP contribution < -0.4 is 9.80 Å². The fourth-order valence-corrected chi connectivity index (χ4v) is 3.56. The first-order valence-corrected chi connectivity index (χ1v) is 9.09. The molecule has 1 unspecified atom stereocenters. The lowest BCUT2D eigenvalue weighted by Gasteiger charge is -2.31. The zero-order valence-electron chi connectivity index (χ0n) is 15.4. The van der Waals surface area contributed by atoms with Crippen LogP contribution in [0.25, 0.3) is 0 Å². The molecule has 3 aromatic carbocycles. The molecule has 135 valence electrons. The third kappa shape index (κ3) is 2.88. The molecule has 3 aromatic rings. The highest BCUT2D eigenvalue weighted by molar-refractivity contribution is 6.17.